The van der Waals surface area contributed by atoms with E-state index in [2.05, 4.69) is 9.97 Å². The standard InChI is InChI=1S/C26H20FN3O3/c27-20-5-9-22(10-6-20)33-21-7-2-18(3-8-21)19-4-11-24-23(16-19)26(31)30(14-15-32-24)17-25-28-12-1-13-29-25/h1-13,16H,14-15,17H2. The summed E-state index contributed by atoms with van der Waals surface area (Å²) in [4.78, 5) is 23.4. The fraction of sp³-hybridized carbons (Fsp3) is 0.115. The van der Waals surface area contributed by atoms with E-state index in [1.807, 2.05) is 42.5 Å². The highest BCUT2D eigenvalue weighted by atomic mass is 19.1. The van der Waals surface area contributed by atoms with Gasteiger partial charge in [-0.3, -0.25) is 4.79 Å². The molecule has 5 rings (SSSR count). The summed E-state index contributed by atoms with van der Waals surface area (Å²) in [7, 11) is 0. The fourth-order valence-electron chi connectivity index (χ4n) is 3.63. The zero-order valence-electron chi connectivity index (χ0n) is 17.6. The van der Waals surface area contributed by atoms with Gasteiger partial charge in [0.15, 0.2) is 0 Å². The van der Waals surface area contributed by atoms with Crippen LogP contribution in [-0.2, 0) is 6.54 Å². The lowest BCUT2D eigenvalue weighted by Crippen LogP contribution is -2.32. The molecule has 33 heavy (non-hydrogen) atoms. The van der Waals surface area contributed by atoms with Crippen LogP contribution in [0.4, 0.5) is 4.39 Å². The molecule has 0 atom stereocenters. The zero-order valence-corrected chi connectivity index (χ0v) is 17.6. The number of hydrogen-bond donors (Lipinski definition) is 0. The van der Waals surface area contributed by atoms with Crippen molar-refractivity contribution in [2.45, 2.75) is 6.54 Å². The molecule has 6 nitrogen and oxygen atoms in total. The number of rotatable bonds is 5. The van der Waals surface area contributed by atoms with Crippen LogP contribution in [0.25, 0.3) is 11.1 Å². The first kappa shape index (κ1) is 20.6. The molecular weight excluding hydrogens is 421 g/mol. The molecule has 0 unspecified atom stereocenters. The molecular formula is C26H20FN3O3. The van der Waals surface area contributed by atoms with Crippen LogP contribution in [0.1, 0.15) is 16.2 Å². The zero-order chi connectivity index (χ0) is 22.6. The van der Waals surface area contributed by atoms with E-state index in [4.69, 9.17) is 9.47 Å². The van der Waals surface area contributed by atoms with Crippen molar-refractivity contribution in [1.29, 1.82) is 0 Å². The van der Waals surface area contributed by atoms with Crippen molar-refractivity contribution in [1.82, 2.24) is 14.9 Å². The minimum atomic E-state index is -0.311. The molecule has 0 spiro atoms. The molecule has 4 aromatic rings. The van der Waals surface area contributed by atoms with Gasteiger partial charge in [0.25, 0.3) is 5.91 Å². The SMILES string of the molecule is O=C1c2cc(-c3ccc(Oc4ccc(F)cc4)cc3)ccc2OCCN1Cc1ncccn1. The largest absolute Gasteiger partial charge is 0.491 e. The molecule has 164 valence electrons. The van der Waals surface area contributed by atoms with Crippen molar-refractivity contribution >= 4 is 5.91 Å². The summed E-state index contributed by atoms with van der Waals surface area (Å²) >= 11 is 0. The smallest absolute Gasteiger partial charge is 0.258 e. The molecule has 0 saturated heterocycles. The van der Waals surface area contributed by atoms with Crippen molar-refractivity contribution in [2.24, 2.45) is 0 Å². The Labute approximate surface area is 190 Å². The van der Waals surface area contributed by atoms with E-state index < -0.39 is 0 Å². The van der Waals surface area contributed by atoms with Crippen molar-refractivity contribution in [2.75, 3.05) is 13.2 Å². The van der Waals surface area contributed by atoms with Crippen molar-refractivity contribution in [3.63, 3.8) is 0 Å². The first-order chi connectivity index (χ1) is 16.2. The van der Waals surface area contributed by atoms with Crippen LogP contribution in [0.15, 0.2) is 85.2 Å². The summed E-state index contributed by atoms with van der Waals surface area (Å²) in [5.74, 6) is 1.91. The van der Waals surface area contributed by atoms with Gasteiger partial charge >= 0.3 is 0 Å². The van der Waals surface area contributed by atoms with E-state index in [9.17, 15) is 9.18 Å². The highest BCUT2D eigenvalue weighted by Crippen LogP contribution is 2.31. The fourth-order valence-corrected chi connectivity index (χ4v) is 3.63. The Bertz CT molecular complexity index is 1260. The van der Waals surface area contributed by atoms with Gasteiger partial charge in [-0.1, -0.05) is 18.2 Å². The molecule has 0 aliphatic carbocycles. The summed E-state index contributed by atoms with van der Waals surface area (Å²) < 4.78 is 24.7. The first-order valence-electron chi connectivity index (χ1n) is 10.5. The maximum absolute atomic E-state index is 13.2. The number of nitrogens with zero attached hydrogens (tertiary/aromatic N) is 3. The van der Waals surface area contributed by atoms with Gasteiger partial charge in [-0.15, -0.1) is 0 Å². The molecule has 0 N–H and O–H groups in total. The number of benzene rings is 3. The maximum Gasteiger partial charge on any atom is 0.258 e. The van der Waals surface area contributed by atoms with E-state index in [1.54, 1.807) is 35.5 Å². The van der Waals surface area contributed by atoms with Gasteiger partial charge in [-0.25, -0.2) is 14.4 Å². The summed E-state index contributed by atoms with van der Waals surface area (Å²) in [5, 5.41) is 0. The maximum atomic E-state index is 13.2. The molecule has 1 aromatic heterocycles. The van der Waals surface area contributed by atoms with Crippen LogP contribution in [0.2, 0.25) is 0 Å². The van der Waals surface area contributed by atoms with Crippen LogP contribution in [0.5, 0.6) is 17.2 Å². The van der Waals surface area contributed by atoms with E-state index in [1.165, 1.54) is 12.1 Å². The second-order valence-corrected chi connectivity index (χ2v) is 7.53. The normalized spacial score (nSPS) is 13.1. The number of fused-ring (bicyclic) bond motifs is 1. The van der Waals surface area contributed by atoms with Gasteiger partial charge in [-0.2, -0.15) is 0 Å². The summed E-state index contributed by atoms with van der Waals surface area (Å²) in [6.07, 6.45) is 3.33. The van der Waals surface area contributed by atoms with E-state index >= 15 is 0 Å². The lowest BCUT2D eigenvalue weighted by atomic mass is 10.0. The summed E-state index contributed by atoms with van der Waals surface area (Å²) in [6.45, 7) is 1.18. The van der Waals surface area contributed by atoms with Gasteiger partial charge in [0, 0.05) is 12.4 Å². The Morgan fingerprint density at radius 3 is 2.30 bits per heavy atom. The number of carbonyl (C=O) groups excluding carboxylic acids is 1. The molecule has 1 amide bonds. The quantitative estimate of drug-likeness (QED) is 0.431. The molecule has 0 radical (unpaired) electrons. The van der Waals surface area contributed by atoms with Crippen molar-refractivity contribution in [3.8, 4) is 28.4 Å². The van der Waals surface area contributed by atoms with Crippen molar-refractivity contribution in [3.05, 3.63) is 102 Å². The van der Waals surface area contributed by atoms with Gasteiger partial charge < -0.3 is 14.4 Å². The van der Waals surface area contributed by atoms with Gasteiger partial charge in [-0.05, 0) is 65.7 Å². The molecule has 1 aliphatic heterocycles. The second-order valence-electron chi connectivity index (χ2n) is 7.53. The Hall–Kier alpha value is -4.26. The number of aromatic nitrogens is 2. The van der Waals surface area contributed by atoms with Crippen LogP contribution in [0, 0.1) is 5.82 Å². The molecule has 3 aromatic carbocycles. The highest BCUT2D eigenvalue weighted by molar-refractivity contribution is 5.98. The van der Waals surface area contributed by atoms with Gasteiger partial charge in [0.1, 0.15) is 35.5 Å². The molecule has 1 aliphatic rings. The van der Waals surface area contributed by atoms with Crippen LogP contribution < -0.4 is 9.47 Å². The summed E-state index contributed by atoms with van der Waals surface area (Å²) in [5.41, 5.74) is 2.32. The number of ether oxygens (including phenoxy) is 2. The number of amides is 1. The predicted octanol–water partition coefficient (Wildman–Crippen LogP) is 5.11. The third-order valence-electron chi connectivity index (χ3n) is 5.30. The topological polar surface area (TPSA) is 64.6 Å². The minimum Gasteiger partial charge on any atom is -0.491 e. The predicted molar refractivity (Wildman–Crippen MR) is 121 cm³/mol. The van der Waals surface area contributed by atoms with E-state index in [0.717, 1.165) is 11.1 Å². The average molecular weight is 441 g/mol. The third-order valence-corrected chi connectivity index (χ3v) is 5.30. The van der Waals surface area contributed by atoms with E-state index in [0.29, 0.717) is 48.3 Å². The van der Waals surface area contributed by atoms with Gasteiger partial charge in [0.2, 0.25) is 0 Å². The molecule has 7 heteroatoms. The van der Waals surface area contributed by atoms with Gasteiger partial charge in [0.05, 0.1) is 18.7 Å². The van der Waals surface area contributed by atoms with Crippen LogP contribution >= 0.6 is 0 Å². The third kappa shape index (κ3) is 4.67. The molecule has 0 bridgehead atoms. The monoisotopic (exact) mass is 441 g/mol. The second kappa shape index (κ2) is 9.08. The van der Waals surface area contributed by atoms with Crippen LogP contribution in [-0.4, -0.2) is 33.9 Å². The van der Waals surface area contributed by atoms with E-state index in [-0.39, 0.29) is 11.7 Å². The summed E-state index contributed by atoms with van der Waals surface area (Å²) in [6, 6.07) is 20.7. The Kier molecular flexibility index (Phi) is 5.68. The number of hydrogen-bond acceptors (Lipinski definition) is 5. The Morgan fingerprint density at radius 2 is 1.58 bits per heavy atom. The number of halogens is 1. The highest BCUT2D eigenvalue weighted by Gasteiger charge is 2.24. The minimum absolute atomic E-state index is 0.118. The molecule has 0 saturated carbocycles. The van der Waals surface area contributed by atoms with Crippen LogP contribution in [0.3, 0.4) is 0 Å². The van der Waals surface area contributed by atoms with Crippen molar-refractivity contribution < 1.29 is 18.7 Å². The average Bonchev–Trinajstić information content (AvgIpc) is 3.00. The number of carbonyl (C=O) groups is 1. The lowest BCUT2D eigenvalue weighted by molar-refractivity contribution is 0.0738. The molecule has 2 heterocycles. The molecule has 0 fully saturated rings. The first-order valence-corrected chi connectivity index (χ1v) is 10.5. The Morgan fingerprint density at radius 1 is 0.909 bits per heavy atom. The Balaban J connectivity index is 1.36. The lowest BCUT2D eigenvalue weighted by Gasteiger charge is -2.19.